The molecule has 34 heavy (non-hydrogen) atoms. The van der Waals surface area contributed by atoms with E-state index in [0.29, 0.717) is 47.6 Å². The Morgan fingerprint density at radius 3 is 2.59 bits per heavy atom. The standard InChI is InChI=1S/C25H25F2N5O2/c1-33-19-9-8-18(21(12-19)34-2)15-28-24-29-20(16-6-4-3-5-7-16)13-22-30-23(31-32(22)24)17-10-11-25(26,27)14-17/h3-9,12-13,17H,10-11,14-15H2,1-2H3,(H,28,29)/t17-/m0/s1. The molecular formula is C25H25F2N5O2. The Morgan fingerprint density at radius 2 is 1.88 bits per heavy atom. The molecule has 1 saturated carbocycles. The molecule has 176 valence electrons. The number of hydrogen-bond acceptors (Lipinski definition) is 6. The zero-order valence-electron chi connectivity index (χ0n) is 19.0. The number of methoxy groups -OCH3 is 2. The number of aromatic nitrogens is 4. The molecule has 1 aliphatic carbocycles. The van der Waals surface area contributed by atoms with Crippen LogP contribution in [0.15, 0.2) is 54.6 Å². The number of halogens is 2. The van der Waals surface area contributed by atoms with Crippen molar-refractivity contribution in [2.45, 2.75) is 37.6 Å². The molecule has 0 bridgehead atoms. The van der Waals surface area contributed by atoms with Gasteiger partial charge in [0.05, 0.1) is 19.9 Å². The normalized spacial score (nSPS) is 17.1. The van der Waals surface area contributed by atoms with Crippen LogP contribution in [-0.2, 0) is 6.54 Å². The molecule has 0 spiro atoms. The van der Waals surface area contributed by atoms with Gasteiger partial charge in [-0.05, 0) is 18.6 Å². The van der Waals surface area contributed by atoms with Crippen LogP contribution in [0.5, 0.6) is 11.5 Å². The largest absolute Gasteiger partial charge is 0.497 e. The minimum atomic E-state index is -2.67. The average Bonchev–Trinajstić information content (AvgIpc) is 3.45. The molecule has 0 amide bonds. The van der Waals surface area contributed by atoms with Crippen LogP contribution >= 0.6 is 0 Å². The number of ether oxygens (including phenoxy) is 2. The fraction of sp³-hybridized carbons (Fsp3) is 0.320. The highest BCUT2D eigenvalue weighted by Crippen LogP contribution is 2.43. The Hall–Kier alpha value is -3.75. The molecule has 4 aromatic rings. The zero-order valence-corrected chi connectivity index (χ0v) is 19.0. The monoisotopic (exact) mass is 465 g/mol. The molecule has 0 aliphatic heterocycles. The number of benzene rings is 2. The van der Waals surface area contributed by atoms with Gasteiger partial charge in [-0.3, -0.25) is 0 Å². The molecule has 0 saturated heterocycles. The predicted octanol–water partition coefficient (Wildman–Crippen LogP) is 5.32. The zero-order chi connectivity index (χ0) is 23.7. The molecule has 1 atom stereocenters. The van der Waals surface area contributed by atoms with Gasteiger partial charge in [-0.2, -0.15) is 4.52 Å². The van der Waals surface area contributed by atoms with Gasteiger partial charge in [0.2, 0.25) is 11.9 Å². The number of fused-ring (bicyclic) bond motifs is 1. The van der Waals surface area contributed by atoms with Crippen LogP contribution in [0.1, 0.15) is 36.6 Å². The number of rotatable bonds is 7. The Morgan fingerprint density at radius 1 is 1.06 bits per heavy atom. The Bertz CT molecular complexity index is 1310. The van der Waals surface area contributed by atoms with E-state index in [2.05, 4.69) is 15.4 Å². The van der Waals surface area contributed by atoms with Gasteiger partial charge in [0.15, 0.2) is 11.5 Å². The highest BCUT2D eigenvalue weighted by molar-refractivity contribution is 5.65. The SMILES string of the molecule is COc1ccc(CNc2nc(-c3ccccc3)cc3nc([C@H]4CCC(F)(F)C4)nn23)c(OC)c1. The van der Waals surface area contributed by atoms with Crippen LogP contribution in [0.25, 0.3) is 16.9 Å². The molecular weight excluding hydrogens is 440 g/mol. The van der Waals surface area contributed by atoms with E-state index in [1.54, 1.807) is 18.7 Å². The van der Waals surface area contributed by atoms with E-state index in [4.69, 9.17) is 14.5 Å². The molecule has 1 aliphatic rings. The van der Waals surface area contributed by atoms with Crippen molar-refractivity contribution in [3.63, 3.8) is 0 Å². The third kappa shape index (κ3) is 4.37. The van der Waals surface area contributed by atoms with Crippen LogP contribution < -0.4 is 14.8 Å². The van der Waals surface area contributed by atoms with Gasteiger partial charge in [0, 0.05) is 48.6 Å². The van der Waals surface area contributed by atoms with E-state index < -0.39 is 5.92 Å². The van der Waals surface area contributed by atoms with Gasteiger partial charge in [-0.25, -0.2) is 18.7 Å². The lowest BCUT2D eigenvalue weighted by Crippen LogP contribution is -2.10. The lowest BCUT2D eigenvalue weighted by atomic mass is 10.1. The number of alkyl halides is 2. The summed E-state index contributed by atoms with van der Waals surface area (Å²) in [6, 6.07) is 17.2. The van der Waals surface area contributed by atoms with Crippen molar-refractivity contribution < 1.29 is 18.3 Å². The molecule has 9 heteroatoms. The van der Waals surface area contributed by atoms with Gasteiger partial charge in [0.1, 0.15) is 11.5 Å². The summed E-state index contributed by atoms with van der Waals surface area (Å²) >= 11 is 0. The van der Waals surface area contributed by atoms with Crippen LogP contribution in [0.4, 0.5) is 14.7 Å². The van der Waals surface area contributed by atoms with Crippen molar-refractivity contribution in [3.05, 3.63) is 66.0 Å². The summed E-state index contributed by atoms with van der Waals surface area (Å²) < 4.78 is 40.0. The maximum atomic E-state index is 13.8. The summed E-state index contributed by atoms with van der Waals surface area (Å²) in [5.41, 5.74) is 3.10. The molecule has 2 aromatic carbocycles. The van der Waals surface area contributed by atoms with Crippen molar-refractivity contribution >= 4 is 11.6 Å². The van der Waals surface area contributed by atoms with E-state index in [1.807, 2.05) is 54.6 Å². The predicted molar refractivity (Wildman–Crippen MR) is 125 cm³/mol. The van der Waals surface area contributed by atoms with Crippen LogP contribution in [-0.4, -0.2) is 39.7 Å². The van der Waals surface area contributed by atoms with Crippen LogP contribution in [0, 0.1) is 0 Å². The summed E-state index contributed by atoms with van der Waals surface area (Å²) in [6.07, 6.45) is 0.00638. The quantitative estimate of drug-likeness (QED) is 0.398. The van der Waals surface area contributed by atoms with E-state index >= 15 is 0 Å². The minimum absolute atomic E-state index is 0.136. The van der Waals surface area contributed by atoms with Crippen molar-refractivity contribution in [1.82, 2.24) is 19.6 Å². The van der Waals surface area contributed by atoms with Crippen molar-refractivity contribution in [3.8, 4) is 22.8 Å². The fourth-order valence-electron chi connectivity index (χ4n) is 4.29. The molecule has 0 unspecified atom stereocenters. The summed E-state index contributed by atoms with van der Waals surface area (Å²) in [4.78, 5) is 9.40. The highest BCUT2D eigenvalue weighted by atomic mass is 19.3. The first-order valence-corrected chi connectivity index (χ1v) is 11.1. The molecule has 7 nitrogen and oxygen atoms in total. The molecule has 1 N–H and O–H groups in total. The number of hydrogen-bond donors (Lipinski definition) is 1. The minimum Gasteiger partial charge on any atom is -0.497 e. The molecule has 5 rings (SSSR count). The maximum Gasteiger partial charge on any atom is 0.248 e. The second kappa shape index (κ2) is 8.89. The van der Waals surface area contributed by atoms with E-state index in [-0.39, 0.29) is 18.8 Å². The fourth-order valence-corrected chi connectivity index (χ4v) is 4.29. The van der Waals surface area contributed by atoms with Crippen molar-refractivity contribution in [2.75, 3.05) is 19.5 Å². The van der Waals surface area contributed by atoms with Crippen LogP contribution in [0.3, 0.4) is 0 Å². The van der Waals surface area contributed by atoms with Gasteiger partial charge < -0.3 is 14.8 Å². The Kier molecular flexibility index (Phi) is 5.77. The third-order valence-corrected chi connectivity index (χ3v) is 6.11. The average molecular weight is 466 g/mol. The van der Waals surface area contributed by atoms with Crippen molar-refractivity contribution in [2.24, 2.45) is 0 Å². The summed E-state index contributed by atoms with van der Waals surface area (Å²) in [5, 5.41) is 7.90. The Balaban J connectivity index is 1.52. The number of nitrogens with zero attached hydrogens (tertiary/aromatic N) is 4. The number of anilines is 1. The van der Waals surface area contributed by atoms with Gasteiger partial charge in [-0.15, -0.1) is 5.10 Å². The number of nitrogens with one attached hydrogen (secondary N) is 1. The van der Waals surface area contributed by atoms with Gasteiger partial charge in [-0.1, -0.05) is 30.3 Å². The molecule has 2 heterocycles. The van der Waals surface area contributed by atoms with E-state index in [0.717, 1.165) is 11.1 Å². The first-order valence-electron chi connectivity index (χ1n) is 11.1. The smallest absolute Gasteiger partial charge is 0.248 e. The second-order valence-corrected chi connectivity index (χ2v) is 8.40. The molecule has 2 aromatic heterocycles. The first-order chi connectivity index (χ1) is 16.5. The summed E-state index contributed by atoms with van der Waals surface area (Å²) in [6.45, 7) is 0.407. The highest BCUT2D eigenvalue weighted by Gasteiger charge is 2.41. The van der Waals surface area contributed by atoms with E-state index in [9.17, 15) is 8.78 Å². The Labute approximate surface area is 195 Å². The summed E-state index contributed by atoms with van der Waals surface area (Å²) in [7, 11) is 3.21. The maximum absolute atomic E-state index is 13.8. The summed E-state index contributed by atoms with van der Waals surface area (Å²) in [5.74, 6) is -0.769. The van der Waals surface area contributed by atoms with Gasteiger partial charge in [0.25, 0.3) is 0 Å². The lowest BCUT2D eigenvalue weighted by Gasteiger charge is -2.13. The molecule has 1 fully saturated rings. The second-order valence-electron chi connectivity index (χ2n) is 8.40. The third-order valence-electron chi connectivity index (χ3n) is 6.11. The topological polar surface area (TPSA) is 73.6 Å². The van der Waals surface area contributed by atoms with Crippen LogP contribution in [0.2, 0.25) is 0 Å². The molecule has 0 radical (unpaired) electrons. The lowest BCUT2D eigenvalue weighted by molar-refractivity contribution is 0.00754. The van der Waals surface area contributed by atoms with Crippen molar-refractivity contribution in [1.29, 1.82) is 0 Å². The van der Waals surface area contributed by atoms with Gasteiger partial charge >= 0.3 is 0 Å². The van der Waals surface area contributed by atoms with E-state index in [1.165, 1.54) is 0 Å². The first kappa shape index (κ1) is 22.1.